The van der Waals surface area contributed by atoms with E-state index in [4.69, 9.17) is 16.9 Å². The Morgan fingerprint density at radius 3 is 2.80 bits per heavy atom. The number of aryl methyl sites for hydroxylation is 2. The van der Waals surface area contributed by atoms with Crippen molar-refractivity contribution in [3.05, 3.63) is 51.4 Å². The minimum absolute atomic E-state index is 0.221. The van der Waals surface area contributed by atoms with Crippen molar-refractivity contribution in [3.8, 4) is 0 Å². The van der Waals surface area contributed by atoms with Gasteiger partial charge in [-0.2, -0.15) is 5.10 Å². The molecule has 9 nitrogen and oxygen atoms in total. The second-order valence-electron chi connectivity index (χ2n) is 6.86. The van der Waals surface area contributed by atoms with E-state index in [2.05, 4.69) is 15.1 Å². The number of nitrogens with one attached hydrogen (secondary N) is 1. The fourth-order valence-corrected chi connectivity index (χ4v) is 4.10. The molecule has 3 aromatic heterocycles. The van der Waals surface area contributed by atoms with Crippen LogP contribution in [0.25, 0.3) is 10.3 Å². The van der Waals surface area contributed by atoms with Gasteiger partial charge in [0.15, 0.2) is 5.65 Å². The molecule has 0 radical (unpaired) electrons. The fourth-order valence-electron chi connectivity index (χ4n) is 2.91. The molecular formula is C20H24N8OS. The van der Waals surface area contributed by atoms with Crippen LogP contribution in [0.3, 0.4) is 0 Å². The summed E-state index contributed by atoms with van der Waals surface area (Å²) in [5.41, 5.74) is 16.6. The van der Waals surface area contributed by atoms with E-state index < -0.39 is 0 Å². The zero-order valence-electron chi connectivity index (χ0n) is 17.1. The largest absolute Gasteiger partial charge is 0.402 e. The van der Waals surface area contributed by atoms with E-state index in [-0.39, 0.29) is 6.54 Å². The number of hydrogen-bond donors (Lipinski definition) is 3. The van der Waals surface area contributed by atoms with Gasteiger partial charge in [0.25, 0.3) is 0 Å². The van der Waals surface area contributed by atoms with Gasteiger partial charge in [-0.25, -0.2) is 15.0 Å². The molecule has 0 unspecified atom stereocenters. The number of pyridine rings is 1. The summed E-state index contributed by atoms with van der Waals surface area (Å²) in [4.78, 5) is 20.5. The summed E-state index contributed by atoms with van der Waals surface area (Å²) < 4.78 is 2.96. The minimum Gasteiger partial charge on any atom is -0.402 e. The summed E-state index contributed by atoms with van der Waals surface area (Å²) in [5.74, 6) is 0.441. The molecule has 0 bridgehead atoms. The molecule has 3 rings (SSSR count). The summed E-state index contributed by atoms with van der Waals surface area (Å²) in [7, 11) is 1.94. The lowest BCUT2D eigenvalue weighted by Gasteiger charge is -2.11. The highest BCUT2D eigenvalue weighted by atomic mass is 32.1. The molecule has 0 atom stereocenters. The number of hydrazone groups is 1. The Hall–Kier alpha value is -3.53. The van der Waals surface area contributed by atoms with Crippen LogP contribution in [0.2, 0.25) is 0 Å². The number of fused-ring (bicyclic) bond motifs is 1. The summed E-state index contributed by atoms with van der Waals surface area (Å²) in [5, 5.41) is 13.6. The summed E-state index contributed by atoms with van der Waals surface area (Å²) in [6.07, 6.45) is 5.52. The maximum atomic E-state index is 11.5. The standard InChI is InChI=1S/C20H24N8OS/c1-12-4-5-15(25-19(12)23)10-28(11-29)24-9-16-13(2)27(3)20-18(16)30-17(26-20)8-14(22)6-7-21/h4-7,9,11,21H,8,10,22H2,1-3H3,(H2,23,25)/b14-6?,21-7?,24-9-. The van der Waals surface area contributed by atoms with Crippen LogP contribution < -0.4 is 11.5 Å². The summed E-state index contributed by atoms with van der Waals surface area (Å²) in [6, 6.07) is 3.69. The molecule has 0 aromatic carbocycles. The van der Waals surface area contributed by atoms with Gasteiger partial charge in [0.2, 0.25) is 6.41 Å². The van der Waals surface area contributed by atoms with Crippen LogP contribution in [0.1, 0.15) is 27.5 Å². The van der Waals surface area contributed by atoms with Gasteiger partial charge in [0.1, 0.15) is 10.8 Å². The number of hydrogen-bond acceptors (Lipinski definition) is 8. The van der Waals surface area contributed by atoms with Crippen molar-refractivity contribution in [3.63, 3.8) is 0 Å². The number of nitrogens with zero attached hydrogens (tertiary/aromatic N) is 5. The third kappa shape index (κ3) is 4.38. The normalized spacial score (nSPS) is 12.0. The number of allylic oxidation sites excluding steroid dienone is 2. The van der Waals surface area contributed by atoms with E-state index in [0.717, 1.165) is 38.4 Å². The molecule has 5 N–H and O–H groups in total. The van der Waals surface area contributed by atoms with E-state index in [1.54, 1.807) is 12.3 Å². The first kappa shape index (κ1) is 21.2. The number of nitrogen functional groups attached to an aromatic ring is 1. The molecule has 0 spiro atoms. The Morgan fingerprint density at radius 1 is 1.37 bits per heavy atom. The zero-order valence-corrected chi connectivity index (χ0v) is 17.9. The second-order valence-corrected chi connectivity index (χ2v) is 7.94. The molecule has 30 heavy (non-hydrogen) atoms. The smallest absolute Gasteiger partial charge is 0.230 e. The first-order chi connectivity index (χ1) is 14.3. The number of thiazole rings is 1. The van der Waals surface area contributed by atoms with Crippen LogP contribution in [0.15, 0.2) is 29.0 Å². The maximum Gasteiger partial charge on any atom is 0.230 e. The molecule has 3 aromatic rings. The molecule has 10 heteroatoms. The van der Waals surface area contributed by atoms with Crippen molar-refractivity contribution >= 4 is 46.3 Å². The predicted octanol–water partition coefficient (Wildman–Crippen LogP) is 2.26. The quantitative estimate of drug-likeness (QED) is 0.289. The highest BCUT2D eigenvalue weighted by Crippen LogP contribution is 2.30. The molecule has 0 aliphatic heterocycles. The Morgan fingerprint density at radius 2 is 2.13 bits per heavy atom. The number of carbonyl (C=O) groups excluding carboxylic acids is 1. The fraction of sp³-hybridized carbons (Fsp3) is 0.250. The van der Waals surface area contributed by atoms with Crippen molar-refractivity contribution in [1.29, 1.82) is 5.41 Å². The minimum atomic E-state index is 0.221. The van der Waals surface area contributed by atoms with Crippen molar-refractivity contribution in [2.45, 2.75) is 26.8 Å². The van der Waals surface area contributed by atoms with Crippen LogP contribution in [0, 0.1) is 19.3 Å². The Balaban J connectivity index is 1.87. The number of rotatable bonds is 8. The van der Waals surface area contributed by atoms with Crippen LogP contribution >= 0.6 is 11.3 Å². The Labute approximate surface area is 178 Å². The molecule has 0 saturated heterocycles. The number of amides is 1. The zero-order chi connectivity index (χ0) is 21.8. The predicted molar refractivity (Wildman–Crippen MR) is 121 cm³/mol. The van der Waals surface area contributed by atoms with Crippen molar-refractivity contribution in [2.24, 2.45) is 17.9 Å². The number of carbonyl (C=O) groups is 1. The topological polar surface area (TPSA) is 139 Å². The van der Waals surface area contributed by atoms with Gasteiger partial charge in [-0.3, -0.25) is 4.79 Å². The lowest BCUT2D eigenvalue weighted by atomic mass is 10.2. The van der Waals surface area contributed by atoms with Gasteiger partial charge in [0, 0.05) is 36.6 Å². The van der Waals surface area contributed by atoms with Gasteiger partial charge in [-0.1, -0.05) is 6.07 Å². The Kier molecular flexibility index (Phi) is 6.26. The molecule has 0 aliphatic rings. The first-order valence-corrected chi connectivity index (χ1v) is 10.0. The van der Waals surface area contributed by atoms with Gasteiger partial charge in [-0.15, -0.1) is 11.3 Å². The molecule has 0 fully saturated rings. The lowest BCUT2D eigenvalue weighted by Crippen LogP contribution is -2.16. The second kappa shape index (κ2) is 8.87. The number of nitrogens with two attached hydrogens (primary N) is 2. The molecule has 156 valence electrons. The highest BCUT2D eigenvalue weighted by molar-refractivity contribution is 7.19. The van der Waals surface area contributed by atoms with E-state index in [9.17, 15) is 4.79 Å². The third-order valence-electron chi connectivity index (χ3n) is 4.74. The van der Waals surface area contributed by atoms with E-state index in [1.807, 2.05) is 37.6 Å². The van der Waals surface area contributed by atoms with Crippen LogP contribution in [0.5, 0.6) is 0 Å². The van der Waals surface area contributed by atoms with Gasteiger partial charge in [0.05, 0.1) is 23.2 Å². The van der Waals surface area contributed by atoms with Gasteiger partial charge >= 0.3 is 0 Å². The average Bonchev–Trinajstić information content (AvgIpc) is 3.20. The SMILES string of the molecule is Cc1ccc(CN(C=O)/N=C\c2c(C)n(C)c3nc(CC(N)=CC=N)sc23)nc1N. The van der Waals surface area contributed by atoms with Crippen molar-refractivity contribution in [2.75, 3.05) is 5.73 Å². The monoisotopic (exact) mass is 424 g/mol. The average molecular weight is 425 g/mol. The highest BCUT2D eigenvalue weighted by Gasteiger charge is 2.16. The van der Waals surface area contributed by atoms with E-state index >= 15 is 0 Å². The van der Waals surface area contributed by atoms with Crippen molar-refractivity contribution < 1.29 is 4.79 Å². The molecular weight excluding hydrogens is 400 g/mol. The molecule has 0 aliphatic carbocycles. The maximum absolute atomic E-state index is 11.5. The first-order valence-electron chi connectivity index (χ1n) is 9.21. The molecule has 3 heterocycles. The summed E-state index contributed by atoms with van der Waals surface area (Å²) >= 11 is 1.53. The summed E-state index contributed by atoms with van der Waals surface area (Å²) in [6.45, 7) is 4.08. The van der Waals surface area contributed by atoms with Crippen LogP contribution in [0.4, 0.5) is 5.82 Å². The number of anilines is 1. The van der Waals surface area contributed by atoms with Crippen LogP contribution in [-0.4, -0.2) is 38.4 Å². The van der Waals surface area contributed by atoms with Gasteiger partial charge < -0.3 is 21.4 Å². The van der Waals surface area contributed by atoms with Crippen molar-refractivity contribution in [1.82, 2.24) is 19.5 Å². The van der Waals surface area contributed by atoms with E-state index in [0.29, 0.717) is 30.0 Å². The van der Waals surface area contributed by atoms with E-state index in [1.165, 1.54) is 16.3 Å². The Bertz CT molecular complexity index is 1160. The van der Waals surface area contributed by atoms with Gasteiger partial charge in [-0.05, 0) is 31.6 Å². The molecule has 0 saturated carbocycles. The lowest BCUT2D eigenvalue weighted by molar-refractivity contribution is -0.118. The molecule has 1 amide bonds. The third-order valence-corrected chi connectivity index (χ3v) is 5.81. The number of aromatic nitrogens is 3. The van der Waals surface area contributed by atoms with Crippen LogP contribution in [-0.2, 0) is 24.8 Å².